The molecule has 9 heteroatoms. The molecule has 0 heterocycles. The summed E-state index contributed by atoms with van der Waals surface area (Å²) >= 11 is 11.8. The van der Waals surface area contributed by atoms with Crippen molar-refractivity contribution in [3.05, 3.63) is 52.5 Å². The second kappa shape index (κ2) is 7.85. The number of anilines is 1. The molecule has 0 spiro atoms. The van der Waals surface area contributed by atoms with E-state index in [1.165, 1.54) is 43.5 Å². The molecule has 2 N–H and O–H groups in total. The normalized spacial score (nSPS) is 11.1. The molecule has 6 nitrogen and oxygen atoms in total. The number of carbonyl (C=O) groups is 1. The van der Waals surface area contributed by atoms with Gasteiger partial charge in [-0.25, -0.2) is 13.1 Å². The standard InChI is InChI=1S/C15H14Cl2N2O4S/c1-23-11-3-5-12(6-4-11)24(21,22)18-9-15(20)19-14-8-10(16)2-7-13(14)17/h2-8,18H,9H2,1H3,(H,19,20). The minimum Gasteiger partial charge on any atom is -0.497 e. The Labute approximate surface area is 149 Å². The fourth-order valence-corrected chi connectivity index (χ4v) is 3.11. The zero-order valence-electron chi connectivity index (χ0n) is 12.5. The van der Waals surface area contributed by atoms with Crippen molar-refractivity contribution in [2.24, 2.45) is 0 Å². The summed E-state index contributed by atoms with van der Waals surface area (Å²) in [5.41, 5.74) is 0.304. The number of nitrogens with one attached hydrogen (secondary N) is 2. The highest BCUT2D eigenvalue weighted by molar-refractivity contribution is 7.89. The maximum absolute atomic E-state index is 12.1. The number of rotatable bonds is 6. The number of benzene rings is 2. The highest BCUT2D eigenvalue weighted by Gasteiger charge is 2.16. The van der Waals surface area contributed by atoms with Crippen LogP contribution in [-0.4, -0.2) is 28.0 Å². The van der Waals surface area contributed by atoms with Crippen LogP contribution in [0.1, 0.15) is 0 Å². The molecular weight excluding hydrogens is 375 g/mol. The summed E-state index contributed by atoms with van der Waals surface area (Å²) in [5, 5.41) is 3.18. The van der Waals surface area contributed by atoms with Crippen LogP contribution < -0.4 is 14.8 Å². The van der Waals surface area contributed by atoms with Gasteiger partial charge in [-0.05, 0) is 42.5 Å². The Bertz CT molecular complexity index is 839. The molecule has 0 aliphatic rings. The Morgan fingerprint density at radius 3 is 2.42 bits per heavy atom. The lowest BCUT2D eigenvalue weighted by atomic mass is 10.3. The number of ether oxygens (including phenoxy) is 1. The van der Waals surface area contributed by atoms with Crippen LogP contribution in [0.4, 0.5) is 5.69 Å². The van der Waals surface area contributed by atoms with Crippen LogP contribution in [0.3, 0.4) is 0 Å². The Kier molecular flexibility index (Phi) is 6.06. The molecule has 0 unspecified atom stereocenters. The summed E-state index contributed by atoms with van der Waals surface area (Å²) < 4.78 is 31.4. The molecule has 2 aromatic rings. The maximum atomic E-state index is 12.1. The lowest BCUT2D eigenvalue weighted by molar-refractivity contribution is -0.115. The molecule has 0 bridgehead atoms. The molecule has 0 fully saturated rings. The second-order valence-electron chi connectivity index (χ2n) is 4.67. The van der Waals surface area contributed by atoms with Gasteiger partial charge in [-0.15, -0.1) is 0 Å². The summed E-state index contributed by atoms with van der Waals surface area (Å²) in [5.74, 6) is -0.0430. The molecule has 0 atom stereocenters. The molecule has 0 aliphatic heterocycles. The Balaban J connectivity index is 2.00. The van der Waals surface area contributed by atoms with Crippen molar-refractivity contribution in [2.75, 3.05) is 19.0 Å². The number of hydrogen-bond acceptors (Lipinski definition) is 4. The molecule has 0 aliphatic carbocycles. The van der Waals surface area contributed by atoms with Crippen molar-refractivity contribution < 1.29 is 17.9 Å². The molecule has 1 amide bonds. The van der Waals surface area contributed by atoms with Gasteiger partial charge in [0, 0.05) is 5.02 Å². The van der Waals surface area contributed by atoms with E-state index in [1.807, 2.05) is 0 Å². The van der Waals surface area contributed by atoms with E-state index in [4.69, 9.17) is 27.9 Å². The van der Waals surface area contributed by atoms with Gasteiger partial charge in [-0.3, -0.25) is 4.79 Å². The molecule has 0 saturated carbocycles. The van der Waals surface area contributed by atoms with Crippen LogP contribution >= 0.6 is 23.2 Å². The SMILES string of the molecule is COc1ccc(S(=O)(=O)NCC(=O)Nc2cc(Cl)ccc2Cl)cc1. The quantitative estimate of drug-likeness (QED) is 0.796. The molecule has 2 rings (SSSR count). The van der Waals surface area contributed by atoms with Gasteiger partial charge in [-0.1, -0.05) is 23.2 Å². The third-order valence-corrected chi connectivity index (χ3v) is 4.98. The first-order chi connectivity index (χ1) is 11.3. The molecule has 0 aromatic heterocycles. The third-order valence-electron chi connectivity index (χ3n) is 2.99. The van der Waals surface area contributed by atoms with E-state index < -0.39 is 22.5 Å². The first-order valence-corrected chi connectivity index (χ1v) is 8.94. The number of sulfonamides is 1. The average Bonchev–Trinajstić information content (AvgIpc) is 2.56. The van der Waals surface area contributed by atoms with Gasteiger partial charge >= 0.3 is 0 Å². The van der Waals surface area contributed by atoms with E-state index in [1.54, 1.807) is 6.07 Å². The average molecular weight is 389 g/mol. The minimum atomic E-state index is -3.82. The molecule has 24 heavy (non-hydrogen) atoms. The van der Waals surface area contributed by atoms with Crippen LogP contribution in [0.2, 0.25) is 10.0 Å². The van der Waals surface area contributed by atoms with Crippen molar-refractivity contribution >= 4 is 44.8 Å². The zero-order valence-corrected chi connectivity index (χ0v) is 14.9. The van der Waals surface area contributed by atoms with Gasteiger partial charge in [0.2, 0.25) is 15.9 Å². The fraction of sp³-hybridized carbons (Fsp3) is 0.133. The van der Waals surface area contributed by atoms with Crippen molar-refractivity contribution in [2.45, 2.75) is 4.90 Å². The van der Waals surface area contributed by atoms with Crippen LogP contribution in [0, 0.1) is 0 Å². The van der Waals surface area contributed by atoms with Gasteiger partial charge in [0.1, 0.15) is 5.75 Å². The first kappa shape index (κ1) is 18.5. The summed E-state index contributed by atoms with van der Waals surface area (Å²) in [6.07, 6.45) is 0. The predicted octanol–water partition coefficient (Wildman–Crippen LogP) is 2.92. The van der Waals surface area contributed by atoms with E-state index >= 15 is 0 Å². The summed E-state index contributed by atoms with van der Waals surface area (Å²) in [6.45, 7) is -0.447. The van der Waals surface area contributed by atoms with E-state index in [2.05, 4.69) is 10.0 Å². The highest BCUT2D eigenvalue weighted by atomic mass is 35.5. The fourth-order valence-electron chi connectivity index (χ4n) is 1.79. The zero-order chi connectivity index (χ0) is 17.7. The second-order valence-corrected chi connectivity index (χ2v) is 7.28. The topological polar surface area (TPSA) is 84.5 Å². The monoisotopic (exact) mass is 388 g/mol. The molecule has 0 saturated heterocycles. The van der Waals surface area contributed by atoms with Gasteiger partial charge in [0.25, 0.3) is 0 Å². The van der Waals surface area contributed by atoms with Crippen LogP contribution in [0.25, 0.3) is 0 Å². The van der Waals surface area contributed by atoms with Crippen LogP contribution in [-0.2, 0) is 14.8 Å². The van der Waals surface area contributed by atoms with Crippen molar-refractivity contribution in [1.82, 2.24) is 4.72 Å². The number of halogens is 2. The molecule has 128 valence electrons. The summed E-state index contributed by atoms with van der Waals surface area (Å²) in [7, 11) is -2.34. The molecular formula is C15H14Cl2N2O4S. The van der Waals surface area contributed by atoms with Gasteiger partial charge in [0.15, 0.2) is 0 Å². The maximum Gasteiger partial charge on any atom is 0.241 e. The lowest BCUT2D eigenvalue weighted by Gasteiger charge is -2.09. The van der Waals surface area contributed by atoms with E-state index in [0.29, 0.717) is 21.5 Å². The van der Waals surface area contributed by atoms with Gasteiger partial charge < -0.3 is 10.1 Å². The van der Waals surface area contributed by atoms with Crippen LogP contribution in [0.15, 0.2) is 47.4 Å². The summed E-state index contributed by atoms with van der Waals surface area (Å²) in [4.78, 5) is 11.9. The first-order valence-electron chi connectivity index (χ1n) is 6.70. The number of hydrogen-bond donors (Lipinski definition) is 2. The number of carbonyl (C=O) groups excluding carboxylic acids is 1. The largest absolute Gasteiger partial charge is 0.497 e. The Morgan fingerprint density at radius 2 is 1.79 bits per heavy atom. The van der Waals surface area contributed by atoms with Crippen molar-refractivity contribution in [1.29, 1.82) is 0 Å². The van der Waals surface area contributed by atoms with E-state index in [9.17, 15) is 13.2 Å². The van der Waals surface area contributed by atoms with E-state index in [0.717, 1.165) is 0 Å². The Hall–Kier alpha value is -1.80. The number of methoxy groups -OCH3 is 1. The van der Waals surface area contributed by atoms with Gasteiger partial charge in [0.05, 0.1) is 29.3 Å². The highest BCUT2D eigenvalue weighted by Crippen LogP contribution is 2.25. The summed E-state index contributed by atoms with van der Waals surface area (Å²) in [6, 6.07) is 10.4. The predicted molar refractivity (Wildman–Crippen MR) is 93.3 cm³/mol. The van der Waals surface area contributed by atoms with Gasteiger partial charge in [-0.2, -0.15) is 0 Å². The van der Waals surface area contributed by atoms with Crippen molar-refractivity contribution in [3.63, 3.8) is 0 Å². The third kappa shape index (κ3) is 4.85. The molecule has 0 radical (unpaired) electrons. The smallest absolute Gasteiger partial charge is 0.241 e. The van der Waals surface area contributed by atoms with E-state index in [-0.39, 0.29) is 4.90 Å². The van der Waals surface area contributed by atoms with Crippen molar-refractivity contribution in [3.8, 4) is 5.75 Å². The van der Waals surface area contributed by atoms with Crippen LogP contribution in [0.5, 0.6) is 5.75 Å². The Morgan fingerprint density at radius 1 is 1.12 bits per heavy atom. The lowest BCUT2D eigenvalue weighted by Crippen LogP contribution is -2.32. The minimum absolute atomic E-state index is 0.0249. The molecule has 2 aromatic carbocycles. The number of amides is 1.